The average Bonchev–Trinajstić information content (AvgIpc) is 2.17. The summed E-state index contributed by atoms with van der Waals surface area (Å²) < 4.78 is 30.6. The van der Waals surface area contributed by atoms with E-state index in [4.69, 9.17) is 4.55 Å². The number of hydrogen-bond acceptors (Lipinski definition) is 4. The van der Waals surface area contributed by atoms with E-state index in [-0.39, 0.29) is 109 Å². The molecule has 90 valence electrons. The maximum Gasteiger partial charge on any atom is 1.00 e. The second-order valence-corrected chi connectivity index (χ2v) is 4.75. The summed E-state index contributed by atoms with van der Waals surface area (Å²) >= 11 is 0. The zero-order valence-electron chi connectivity index (χ0n) is 14.0. The Kier molecular flexibility index (Phi) is 10.2. The first-order valence-corrected chi connectivity index (χ1v) is 5.75. The first kappa shape index (κ1) is 22.5. The Hall–Kier alpha value is 1.21. The third-order valence-electron chi connectivity index (χ3n) is 2.20. The van der Waals surface area contributed by atoms with Gasteiger partial charge in [0, 0.05) is 0 Å². The van der Waals surface area contributed by atoms with Crippen molar-refractivity contribution in [1.29, 1.82) is 0 Å². The number of rotatable bonds is 1. The Morgan fingerprint density at radius 2 is 1.32 bits per heavy atom. The number of phenolic OH excluding ortho intramolecular Hbond substituents is 2. The SMILES string of the molecule is O=S(=O)(O)c1ccc2cc(O)c(O)cc2c1.[H-].[H-].[H-].[Na+].[Na+].[Na+]. The second-order valence-electron chi connectivity index (χ2n) is 3.32. The average molecular weight is 312 g/mol. The Morgan fingerprint density at radius 3 is 1.79 bits per heavy atom. The molecule has 0 aliphatic carbocycles. The van der Waals surface area contributed by atoms with Crippen LogP contribution in [0, 0.1) is 0 Å². The van der Waals surface area contributed by atoms with Crippen molar-refractivity contribution >= 4 is 20.9 Å². The van der Waals surface area contributed by atoms with Gasteiger partial charge in [-0.1, -0.05) is 6.07 Å². The number of phenols is 2. The predicted octanol–water partition coefficient (Wildman–Crippen LogP) is -7.15. The molecule has 0 radical (unpaired) electrons. The molecule has 2 aromatic rings. The number of hydrogen-bond donors (Lipinski definition) is 3. The van der Waals surface area contributed by atoms with Crippen molar-refractivity contribution < 1.29 is 116 Å². The van der Waals surface area contributed by atoms with Gasteiger partial charge in [0.25, 0.3) is 10.1 Å². The van der Waals surface area contributed by atoms with Crippen molar-refractivity contribution in [2.75, 3.05) is 0 Å². The molecule has 0 amide bonds. The maximum absolute atomic E-state index is 10.9. The molecule has 3 N–H and O–H groups in total. The second kappa shape index (κ2) is 8.60. The minimum absolute atomic E-state index is 0. The zero-order valence-corrected chi connectivity index (χ0v) is 17.8. The minimum Gasteiger partial charge on any atom is -1.00 e. The molecule has 19 heavy (non-hydrogen) atoms. The van der Waals surface area contributed by atoms with Gasteiger partial charge in [-0.3, -0.25) is 4.55 Å². The quantitative estimate of drug-likeness (QED) is 0.276. The molecule has 0 saturated heterocycles. The van der Waals surface area contributed by atoms with E-state index in [1.165, 1.54) is 30.3 Å². The largest absolute Gasteiger partial charge is 1.00 e. The molecular formula is C10H11Na3O5S. The van der Waals surface area contributed by atoms with Crippen LogP contribution in [0.1, 0.15) is 4.28 Å². The van der Waals surface area contributed by atoms with E-state index in [1.807, 2.05) is 0 Å². The number of benzene rings is 2. The van der Waals surface area contributed by atoms with Gasteiger partial charge in [0.15, 0.2) is 11.5 Å². The van der Waals surface area contributed by atoms with Crippen molar-refractivity contribution in [2.24, 2.45) is 0 Å². The summed E-state index contributed by atoms with van der Waals surface area (Å²) in [6, 6.07) is 6.38. The van der Waals surface area contributed by atoms with Crippen LogP contribution >= 0.6 is 0 Å². The van der Waals surface area contributed by atoms with Gasteiger partial charge in [0.1, 0.15) is 0 Å². The van der Waals surface area contributed by atoms with Gasteiger partial charge < -0.3 is 14.5 Å². The van der Waals surface area contributed by atoms with Crippen molar-refractivity contribution in [1.82, 2.24) is 0 Å². The van der Waals surface area contributed by atoms with Crippen LogP contribution < -0.4 is 88.7 Å². The van der Waals surface area contributed by atoms with E-state index < -0.39 is 10.1 Å². The summed E-state index contributed by atoms with van der Waals surface area (Å²) in [5, 5.41) is 19.4. The van der Waals surface area contributed by atoms with E-state index in [9.17, 15) is 18.6 Å². The van der Waals surface area contributed by atoms with Crippen molar-refractivity contribution in [2.45, 2.75) is 4.90 Å². The van der Waals surface area contributed by atoms with Gasteiger partial charge in [-0.05, 0) is 35.0 Å². The number of aromatic hydroxyl groups is 2. The van der Waals surface area contributed by atoms with Crippen LogP contribution in [0.25, 0.3) is 10.8 Å². The summed E-state index contributed by atoms with van der Waals surface area (Å²) in [5.74, 6) is -0.632. The van der Waals surface area contributed by atoms with Gasteiger partial charge in [-0.2, -0.15) is 8.42 Å². The molecule has 9 heteroatoms. The molecule has 0 fully saturated rings. The molecular weight excluding hydrogens is 301 g/mol. The fourth-order valence-corrected chi connectivity index (χ4v) is 1.93. The molecule has 0 bridgehead atoms. The Morgan fingerprint density at radius 1 is 0.842 bits per heavy atom. The van der Waals surface area contributed by atoms with Gasteiger partial charge in [-0.25, -0.2) is 0 Å². The smallest absolute Gasteiger partial charge is 1.00 e. The van der Waals surface area contributed by atoms with Gasteiger partial charge in [-0.15, -0.1) is 0 Å². The number of fused-ring (bicyclic) bond motifs is 1. The fourth-order valence-electron chi connectivity index (χ4n) is 1.41. The van der Waals surface area contributed by atoms with Gasteiger partial charge in [0.2, 0.25) is 0 Å². The molecule has 5 nitrogen and oxygen atoms in total. The first-order valence-electron chi connectivity index (χ1n) is 4.31. The van der Waals surface area contributed by atoms with Gasteiger partial charge in [0.05, 0.1) is 4.90 Å². The maximum atomic E-state index is 10.9. The van der Waals surface area contributed by atoms with Crippen LogP contribution in [0.2, 0.25) is 0 Å². The fraction of sp³-hybridized carbons (Fsp3) is 0. The van der Waals surface area contributed by atoms with Crippen LogP contribution in [0.4, 0.5) is 0 Å². The van der Waals surface area contributed by atoms with Crippen molar-refractivity contribution in [3.05, 3.63) is 30.3 Å². The summed E-state index contributed by atoms with van der Waals surface area (Å²) in [7, 11) is -4.26. The van der Waals surface area contributed by atoms with E-state index in [0.717, 1.165) is 0 Å². The molecule has 0 spiro atoms. The topological polar surface area (TPSA) is 94.8 Å². The van der Waals surface area contributed by atoms with Crippen molar-refractivity contribution in [3.8, 4) is 11.5 Å². The Bertz CT molecular complexity index is 685. The first-order chi connectivity index (χ1) is 7.38. The normalized spacial score (nSPS) is 9.95. The van der Waals surface area contributed by atoms with Crippen molar-refractivity contribution in [3.63, 3.8) is 0 Å². The molecule has 2 aromatic carbocycles. The van der Waals surface area contributed by atoms with Gasteiger partial charge >= 0.3 is 88.7 Å². The summed E-state index contributed by atoms with van der Waals surface area (Å²) in [6.45, 7) is 0. The Balaban J connectivity index is -0.000000161. The summed E-state index contributed by atoms with van der Waals surface area (Å²) in [6.07, 6.45) is 0. The van der Waals surface area contributed by atoms with E-state index in [0.29, 0.717) is 10.8 Å². The Labute approximate surface area is 181 Å². The third kappa shape index (κ3) is 5.48. The molecule has 0 aromatic heterocycles. The van der Waals surface area contributed by atoms with Crippen LogP contribution in [0.15, 0.2) is 35.2 Å². The van der Waals surface area contributed by atoms with Crippen LogP contribution in [0.5, 0.6) is 11.5 Å². The van der Waals surface area contributed by atoms with E-state index in [1.54, 1.807) is 0 Å². The van der Waals surface area contributed by atoms with Crippen LogP contribution in [0.3, 0.4) is 0 Å². The van der Waals surface area contributed by atoms with E-state index in [2.05, 4.69) is 0 Å². The monoisotopic (exact) mass is 312 g/mol. The molecule has 0 saturated carbocycles. The molecule has 0 aliphatic heterocycles. The summed E-state index contributed by atoms with van der Waals surface area (Å²) in [5.41, 5.74) is 0. The van der Waals surface area contributed by atoms with E-state index >= 15 is 0 Å². The summed E-state index contributed by atoms with van der Waals surface area (Å²) in [4.78, 5) is -0.259. The predicted molar refractivity (Wildman–Crippen MR) is 60.4 cm³/mol. The molecule has 0 atom stereocenters. The molecule has 0 aliphatic rings. The van der Waals surface area contributed by atoms with Crippen LogP contribution in [-0.4, -0.2) is 23.2 Å². The minimum atomic E-state index is -4.26. The van der Waals surface area contributed by atoms with Crippen LogP contribution in [-0.2, 0) is 10.1 Å². The standard InChI is InChI=1S/C10H8O5S.3Na.3H/c11-9-4-6-1-2-8(16(13,14)15)3-7(6)5-10(9)12;;;;;;/h1-5,11-12H,(H,13,14,15);;;;;;/q;3*+1;3*-1. The third-order valence-corrected chi connectivity index (χ3v) is 3.05. The molecule has 2 rings (SSSR count). The molecule has 0 heterocycles. The molecule has 0 unspecified atom stereocenters. The zero-order chi connectivity index (χ0) is 11.9.